The molecule has 0 saturated carbocycles. The molecule has 0 bridgehead atoms. The van der Waals surface area contributed by atoms with Crippen molar-refractivity contribution in [3.63, 3.8) is 0 Å². The van der Waals surface area contributed by atoms with E-state index >= 15 is 0 Å². The molecule has 3 nitrogen and oxygen atoms in total. The maximum Gasteiger partial charge on any atom is 0.175 e. The molecular formula is C14H12BrF2NO2S. The minimum Gasteiger partial charge on any atom is -0.320 e. The Morgan fingerprint density at radius 2 is 1.86 bits per heavy atom. The summed E-state index contributed by atoms with van der Waals surface area (Å²) in [6.45, 7) is 0. The van der Waals surface area contributed by atoms with Gasteiger partial charge >= 0.3 is 0 Å². The maximum atomic E-state index is 14.0. The van der Waals surface area contributed by atoms with Crippen molar-refractivity contribution in [1.82, 2.24) is 0 Å². The molecule has 2 aromatic carbocycles. The van der Waals surface area contributed by atoms with E-state index < -0.39 is 27.5 Å². The van der Waals surface area contributed by atoms with Crippen LogP contribution in [0.2, 0.25) is 0 Å². The van der Waals surface area contributed by atoms with Crippen LogP contribution in [0.3, 0.4) is 0 Å². The standard InChI is InChI=1S/C14H12BrF2NO2S/c1-21(19,20)9-4-2-3-8(7-9)14(18)12-11(16)6-5-10(15)13(12)17/h2-7,14H,18H2,1H3. The van der Waals surface area contributed by atoms with Gasteiger partial charge in [-0.2, -0.15) is 0 Å². The minimum absolute atomic E-state index is 0.0475. The molecule has 0 aliphatic carbocycles. The van der Waals surface area contributed by atoms with Gasteiger partial charge in [0.15, 0.2) is 9.84 Å². The van der Waals surface area contributed by atoms with Crippen molar-refractivity contribution >= 4 is 25.8 Å². The summed E-state index contributed by atoms with van der Waals surface area (Å²) in [5.74, 6) is -1.58. The fourth-order valence-electron chi connectivity index (χ4n) is 1.93. The van der Waals surface area contributed by atoms with Gasteiger partial charge in [-0.3, -0.25) is 0 Å². The van der Waals surface area contributed by atoms with Crippen LogP contribution >= 0.6 is 15.9 Å². The van der Waals surface area contributed by atoms with E-state index in [0.29, 0.717) is 5.56 Å². The molecule has 0 saturated heterocycles. The summed E-state index contributed by atoms with van der Waals surface area (Å²) in [5, 5.41) is 0. The third kappa shape index (κ3) is 3.30. The predicted octanol–water partition coefficient (Wildman–Crippen LogP) is 3.18. The lowest BCUT2D eigenvalue weighted by Gasteiger charge is -2.16. The van der Waals surface area contributed by atoms with E-state index in [4.69, 9.17) is 5.73 Å². The molecule has 0 radical (unpaired) electrons. The largest absolute Gasteiger partial charge is 0.320 e. The zero-order valence-corrected chi connectivity index (χ0v) is 13.4. The van der Waals surface area contributed by atoms with Gasteiger partial charge < -0.3 is 5.73 Å². The average Bonchev–Trinajstić information content (AvgIpc) is 2.42. The van der Waals surface area contributed by atoms with Crippen molar-refractivity contribution in [3.05, 3.63) is 63.6 Å². The monoisotopic (exact) mass is 375 g/mol. The number of nitrogens with two attached hydrogens (primary N) is 1. The molecule has 0 heterocycles. The molecule has 2 rings (SSSR count). The fourth-order valence-corrected chi connectivity index (χ4v) is 2.95. The van der Waals surface area contributed by atoms with Crippen LogP contribution in [-0.4, -0.2) is 14.7 Å². The molecule has 7 heteroatoms. The molecule has 0 fully saturated rings. The highest BCUT2D eigenvalue weighted by Gasteiger charge is 2.21. The van der Waals surface area contributed by atoms with Crippen molar-refractivity contribution < 1.29 is 17.2 Å². The van der Waals surface area contributed by atoms with E-state index in [1.807, 2.05) is 0 Å². The van der Waals surface area contributed by atoms with E-state index in [0.717, 1.165) is 12.3 Å². The van der Waals surface area contributed by atoms with Crippen molar-refractivity contribution in [3.8, 4) is 0 Å². The van der Waals surface area contributed by atoms with Crippen molar-refractivity contribution in [1.29, 1.82) is 0 Å². The first kappa shape index (κ1) is 16.1. The number of halogens is 3. The quantitative estimate of drug-likeness (QED) is 0.838. The Morgan fingerprint density at radius 1 is 1.19 bits per heavy atom. The molecular weight excluding hydrogens is 364 g/mol. The second-order valence-electron chi connectivity index (χ2n) is 4.58. The smallest absolute Gasteiger partial charge is 0.175 e. The van der Waals surface area contributed by atoms with Crippen molar-refractivity contribution in [2.24, 2.45) is 5.73 Å². The first-order valence-electron chi connectivity index (χ1n) is 5.91. The van der Waals surface area contributed by atoms with Gasteiger partial charge in [0.05, 0.1) is 15.4 Å². The van der Waals surface area contributed by atoms with Gasteiger partial charge in [0, 0.05) is 11.8 Å². The van der Waals surface area contributed by atoms with Gasteiger partial charge in [0.2, 0.25) is 0 Å². The van der Waals surface area contributed by atoms with Crippen LogP contribution in [0.1, 0.15) is 17.2 Å². The molecule has 1 atom stereocenters. The SMILES string of the molecule is CS(=O)(=O)c1cccc(C(N)c2c(F)ccc(Br)c2F)c1. The van der Waals surface area contributed by atoms with Gasteiger partial charge in [-0.05, 0) is 45.8 Å². The Morgan fingerprint density at radius 3 is 2.48 bits per heavy atom. The molecule has 0 spiro atoms. The first-order chi connectivity index (χ1) is 9.71. The van der Waals surface area contributed by atoms with E-state index in [-0.39, 0.29) is 14.9 Å². The van der Waals surface area contributed by atoms with E-state index in [2.05, 4.69) is 15.9 Å². The van der Waals surface area contributed by atoms with Crippen molar-refractivity contribution in [2.75, 3.05) is 6.26 Å². The summed E-state index contributed by atoms with van der Waals surface area (Å²) in [4.78, 5) is 0.0475. The van der Waals surface area contributed by atoms with Crippen LogP contribution in [0.25, 0.3) is 0 Å². The highest BCUT2D eigenvalue weighted by Crippen LogP contribution is 2.30. The number of hydrogen-bond acceptors (Lipinski definition) is 3. The van der Waals surface area contributed by atoms with E-state index in [9.17, 15) is 17.2 Å². The van der Waals surface area contributed by atoms with E-state index in [1.54, 1.807) is 0 Å². The van der Waals surface area contributed by atoms with Gasteiger partial charge in [0.1, 0.15) is 11.6 Å². The first-order valence-corrected chi connectivity index (χ1v) is 8.59. The summed E-state index contributed by atoms with van der Waals surface area (Å²) < 4.78 is 51.1. The van der Waals surface area contributed by atoms with Crippen LogP contribution in [-0.2, 0) is 9.84 Å². The third-order valence-corrected chi connectivity index (χ3v) is 4.76. The zero-order valence-electron chi connectivity index (χ0n) is 11.0. The van der Waals surface area contributed by atoms with Crippen molar-refractivity contribution in [2.45, 2.75) is 10.9 Å². The lowest BCUT2D eigenvalue weighted by molar-refractivity contribution is 0.539. The number of sulfone groups is 1. The number of hydrogen-bond donors (Lipinski definition) is 1. The average molecular weight is 376 g/mol. The molecule has 0 amide bonds. The molecule has 21 heavy (non-hydrogen) atoms. The lowest BCUT2D eigenvalue weighted by Crippen LogP contribution is -2.16. The summed E-state index contributed by atoms with van der Waals surface area (Å²) in [6.07, 6.45) is 1.05. The normalized spacial score (nSPS) is 13.2. The minimum atomic E-state index is -3.42. The van der Waals surface area contributed by atoms with Gasteiger partial charge in [-0.15, -0.1) is 0 Å². The van der Waals surface area contributed by atoms with Gasteiger partial charge in [-0.25, -0.2) is 17.2 Å². The highest BCUT2D eigenvalue weighted by molar-refractivity contribution is 9.10. The summed E-state index contributed by atoms with van der Waals surface area (Å²) in [6, 6.07) is 6.97. The van der Waals surface area contributed by atoms with E-state index in [1.165, 1.54) is 30.3 Å². The summed E-state index contributed by atoms with van der Waals surface area (Å²) in [7, 11) is -3.42. The second kappa shape index (κ2) is 5.82. The predicted molar refractivity (Wildman–Crippen MR) is 79.6 cm³/mol. The summed E-state index contributed by atoms with van der Waals surface area (Å²) in [5.41, 5.74) is 5.91. The van der Waals surface area contributed by atoms with Crippen LogP contribution in [0.4, 0.5) is 8.78 Å². The molecule has 2 N–H and O–H groups in total. The van der Waals surface area contributed by atoms with Crippen LogP contribution < -0.4 is 5.73 Å². The Labute approximate surface area is 129 Å². The summed E-state index contributed by atoms with van der Waals surface area (Å²) >= 11 is 2.97. The molecule has 112 valence electrons. The topological polar surface area (TPSA) is 60.2 Å². The van der Waals surface area contributed by atoms with Gasteiger partial charge in [0.25, 0.3) is 0 Å². The number of rotatable bonds is 3. The molecule has 0 aliphatic heterocycles. The zero-order chi connectivity index (χ0) is 15.8. The maximum absolute atomic E-state index is 14.0. The fraction of sp³-hybridized carbons (Fsp3) is 0.143. The van der Waals surface area contributed by atoms with Crippen LogP contribution in [0, 0.1) is 11.6 Å². The van der Waals surface area contributed by atoms with Crippen LogP contribution in [0.15, 0.2) is 45.8 Å². The third-order valence-electron chi connectivity index (χ3n) is 3.04. The Bertz CT molecular complexity index is 794. The van der Waals surface area contributed by atoms with Gasteiger partial charge in [-0.1, -0.05) is 12.1 Å². The molecule has 0 aliphatic rings. The number of benzene rings is 2. The second-order valence-corrected chi connectivity index (χ2v) is 7.45. The Hall–Kier alpha value is -1.31. The molecule has 1 unspecified atom stereocenters. The Kier molecular flexibility index (Phi) is 4.46. The Balaban J connectivity index is 2.56. The molecule has 0 aromatic heterocycles. The molecule has 2 aromatic rings. The lowest BCUT2D eigenvalue weighted by atomic mass is 9.98. The highest BCUT2D eigenvalue weighted by atomic mass is 79.9. The van der Waals surface area contributed by atoms with Crippen LogP contribution in [0.5, 0.6) is 0 Å².